The molecule has 2 aromatic heterocycles. The molecule has 4 aromatic rings. The highest BCUT2D eigenvalue weighted by Crippen LogP contribution is 2.39. The first-order chi connectivity index (χ1) is 15.5. The number of allylic oxidation sites excluding steroid dienone is 1. The van der Waals surface area contributed by atoms with Crippen LogP contribution < -0.4 is 15.1 Å². The molecule has 0 bridgehead atoms. The van der Waals surface area contributed by atoms with Crippen molar-refractivity contribution in [1.29, 1.82) is 5.26 Å². The number of rotatable bonds is 4. The van der Waals surface area contributed by atoms with Gasteiger partial charge in [0.25, 0.3) is 5.69 Å². The lowest BCUT2D eigenvalue weighted by Gasteiger charge is -2.02. The maximum Gasteiger partial charge on any atom is 0.345 e. The number of hydrogen-bond acceptors (Lipinski definition) is 9. The van der Waals surface area contributed by atoms with E-state index in [-0.39, 0.29) is 34.9 Å². The average Bonchev–Trinajstić information content (AvgIpc) is 3.45. The van der Waals surface area contributed by atoms with Crippen molar-refractivity contribution in [2.24, 2.45) is 0 Å². The molecule has 0 amide bonds. The Kier molecular flexibility index (Phi) is 4.65. The van der Waals surface area contributed by atoms with Crippen LogP contribution in [0, 0.1) is 21.4 Å². The van der Waals surface area contributed by atoms with Gasteiger partial charge in [-0.2, -0.15) is 5.26 Å². The standard InChI is InChI=1S/C22H11N3O6S/c23-9-14(5-13-7-19-20(30-11-29-19)8-17(13)25(27)28)21-24-16(10-32-21)15-6-12-3-1-2-4-18(12)31-22(15)26/h1-8,10H,11H2/b14-5+. The zero-order valence-corrected chi connectivity index (χ0v) is 16.9. The van der Waals surface area contributed by atoms with Gasteiger partial charge in [0, 0.05) is 10.8 Å². The minimum atomic E-state index is -0.559. The molecule has 0 radical (unpaired) electrons. The van der Waals surface area contributed by atoms with E-state index in [1.54, 1.807) is 23.6 Å². The molecule has 0 saturated carbocycles. The molecule has 32 heavy (non-hydrogen) atoms. The highest BCUT2D eigenvalue weighted by molar-refractivity contribution is 7.11. The predicted molar refractivity (Wildman–Crippen MR) is 116 cm³/mol. The third-order valence-electron chi connectivity index (χ3n) is 4.79. The number of nitriles is 1. The van der Waals surface area contributed by atoms with E-state index < -0.39 is 10.5 Å². The first-order valence-corrected chi connectivity index (χ1v) is 10.1. The highest BCUT2D eigenvalue weighted by atomic mass is 32.1. The first-order valence-electron chi connectivity index (χ1n) is 9.22. The third-order valence-corrected chi connectivity index (χ3v) is 5.67. The van der Waals surface area contributed by atoms with Crippen LogP contribution in [0.5, 0.6) is 11.5 Å². The summed E-state index contributed by atoms with van der Waals surface area (Å²) in [6.07, 6.45) is 1.37. The van der Waals surface area contributed by atoms with E-state index in [2.05, 4.69) is 4.98 Å². The van der Waals surface area contributed by atoms with Gasteiger partial charge >= 0.3 is 5.63 Å². The number of nitrogens with zero attached hydrogens (tertiary/aromatic N) is 3. The number of fused-ring (bicyclic) bond motifs is 2. The minimum Gasteiger partial charge on any atom is -0.454 e. The minimum absolute atomic E-state index is 0.0328. The smallest absolute Gasteiger partial charge is 0.345 e. The molecule has 1 aliphatic heterocycles. The second-order valence-corrected chi connectivity index (χ2v) is 7.57. The van der Waals surface area contributed by atoms with Crippen molar-refractivity contribution in [3.05, 3.63) is 79.0 Å². The van der Waals surface area contributed by atoms with Gasteiger partial charge in [-0.15, -0.1) is 11.3 Å². The summed E-state index contributed by atoms with van der Waals surface area (Å²) in [5, 5.41) is 23.9. The van der Waals surface area contributed by atoms with Gasteiger partial charge < -0.3 is 13.9 Å². The molecule has 3 heterocycles. The second-order valence-electron chi connectivity index (χ2n) is 6.71. The van der Waals surface area contributed by atoms with Crippen LogP contribution in [0.2, 0.25) is 0 Å². The van der Waals surface area contributed by atoms with Crippen LogP contribution in [0.4, 0.5) is 5.69 Å². The SMILES string of the molecule is N#C/C(=C\c1cc2c(cc1[N+](=O)[O-])OCO2)c1nc(-c2cc3ccccc3oc2=O)cs1. The molecule has 0 aliphatic carbocycles. The summed E-state index contributed by atoms with van der Waals surface area (Å²) >= 11 is 1.14. The van der Waals surface area contributed by atoms with Gasteiger partial charge in [-0.3, -0.25) is 10.1 Å². The summed E-state index contributed by atoms with van der Waals surface area (Å²) in [5.74, 6) is 0.625. The summed E-state index contributed by atoms with van der Waals surface area (Å²) < 4.78 is 15.8. The fourth-order valence-electron chi connectivity index (χ4n) is 3.28. The molecule has 0 saturated heterocycles. The van der Waals surface area contributed by atoms with Crippen LogP contribution in [0.3, 0.4) is 0 Å². The zero-order valence-electron chi connectivity index (χ0n) is 16.1. The van der Waals surface area contributed by atoms with Gasteiger partial charge in [-0.05, 0) is 24.3 Å². The highest BCUT2D eigenvalue weighted by Gasteiger charge is 2.23. The summed E-state index contributed by atoms with van der Waals surface area (Å²) in [5.41, 5.74) is 0.586. The maximum atomic E-state index is 12.4. The largest absolute Gasteiger partial charge is 0.454 e. The molecule has 9 nitrogen and oxygen atoms in total. The molecule has 0 fully saturated rings. The Morgan fingerprint density at radius 2 is 2.00 bits per heavy atom. The number of ether oxygens (including phenoxy) is 2. The molecular formula is C22H11N3O6S. The van der Waals surface area contributed by atoms with Gasteiger partial charge in [0.05, 0.1) is 33.4 Å². The van der Waals surface area contributed by atoms with E-state index in [1.807, 2.05) is 18.2 Å². The second kappa shape index (κ2) is 7.64. The Morgan fingerprint density at radius 3 is 2.78 bits per heavy atom. The van der Waals surface area contributed by atoms with Crippen molar-refractivity contribution >= 4 is 39.6 Å². The van der Waals surface area contributed by atoms with Crippen molar-refractivity contribution in [1.82, 2.24) is 4.98 Å². The van der Waals surface area contributed by atoms with Gasteiger partial charge in [-0.25, -0.2) is 9.78 Å². The van der Waals surface area contributed by atoms with Gasteiger partial charge in [-0.1, -0.05) is 18.2 Å². The summed E-state index contributed by atoms with van der Waals surface area (Å²) in [6.45, 7) is -0.0328. The van der Waals surface area contributed by atoms with Crippen LogP contribution in [0.15, 0.2) is 57.1 Å². The van der Waals surface area contributed by atoms with Crippen molar-refractivity contribution in [3.8, 4) is 28.8 Å². The Balaban J connectivity index is 1.57. The average molecular weight is 445 g/mol. The van der Waals surface area contributed by atoms with Crippen LogP contribution in [-0.4, -0.2) is 16.7 Å². The van der Waals surface area contributed by atoms with E-state index in [0.29, 0.717) is 22.0 Å². The Hall–Kier alpha value is -4.49. The topological polar surface area (TPSA) is 128 Å². The van der Waals surface area contributed by atoms with E-state index >= 15 is 0 Å². The summed E-state index contributed by atoms with van der Waals surface area (Å²) in [6, 6.07) is 13.5. The normalized spacial score (nSPS) is 12.7. The van der Waals surface area contributed by atoms with Crippen LogP contribution in [-0.2, 0) is 0 Å². The number of nitro benzene ring substituents is 1. The quantitative estimate of drug-likeness (QED) is 0.193. The maximum absolute atomic E-state index is 12.4. The predicted octanol–water partition coefficient (Wildman–Crippen LogP) is 4.62. The number of thiazole rings is 1. The molecule has 156 valence electrons. The van der Waals surface area contributed by atoms with E-state index in [9.17, 15) is 20.2 Å². The van der Waals surface area contributed by atoms with E-state index in [4.69, 9.17) is 13.9 Å². The summed E-state index contributed by atoms with van der Waals surface area (Å²) in [7, 11) is 0. The lowest BCUT2D eigenvalue weighted by atomic mass is 10.1. The molecule has 0 unspecified atom stereocenters. The zero-order chi connectivity index (χ0) is 22.2. The van der Waals surface area contributed by atoms with Crippen molar-refractivity contribution in [2.75, 3.05) is 6.79 Å². The molecule has 1 aliphatic rings. The molecule has 0 N–H and O–H groups in total. The van der Waals surface area contributed by atoms with Gasteiger partial charge in [0.15, 0.2) is 11.5 Å². The number of nitro groups is 1. The van der Waals surface area contributed by atoms with Crippen LogP contribution >= 0.6 is 11.3 Å². The number of aromatic nitrogens is 1. The first kappa shape index (κ1) is 19.5. The number of hydrogen-bond donors (Lipinski definition) is 0. The van der Waals surface area contributed by atoms with Crippen LogP contribution in [0.1, 0.15) is 10.6 Å². The van der Waals surface area contributed by atoms with E-state index in [0.717, 1.165) is 16.7 Å². The molecule has 0 atom stereocenters. The van der Waals surface area contributed by atoms with Gasteiger partial charge in [0.2, 0.25) is 6.79 Å². The molecular weight excluding hydrogens is 434 g/mol. The summed E-state index contributed by atoms with van der Waals surface area (Å²) in [4.78, 5) is 27.8. The fraction of sp³-hybridized carbons (Fsp3) is 0.0455. The lowest BCUT2D eigenvalue weighted by Crippen LogP contribution is -2.02. The third kappa shape index (κ3) is 3.36. The van der Waals surface area contributed by atoms with Crippen molar-refractivity contribution in [3.63, 3.8) is 0 Å². The number of benzene rings is 2. The Labute approximate surface area is 183 Å². The lowest BCUT2D eigenvalue weighted by molar-refractivity contribution is -0.385. The number of para-hydroxylation sites is 1. The molecule has 5 rings (SSSR count). The Morgan fingerprint density at radius 1 is 1.22 bits per heavy atom. The Bertz CT molecular complexity index is 1530. The fourth-order valence-corrected chi connectivity index (χ4v) is 4.07. The molecule has 2 aromatic carbocycles. The van der Waals surface area contributed by atoms with E-state index in [1.165, 1.54) is 18.2 Å². The van der Waals surface area contributed by atoms with Crippen molar-refractivity contribution < 1.29 is 18.8 Å². The molecule has 10 heteroatoms. The van der Waals surface area contributed by atoms with Crippen LogP contribution in [0.25, 0.3) is 33.9 Å². The molecule has 0 spiro atoms. The van der Waals surface area contributed by atoms with Gasteiger partial charge in [0.1, 0.15) is 16.7 Å². The van der Waals surface area contributed by atoms with Crippen molar-refractivity contribution in [2.45, 2.75) is 0 Å². The monoisotopic (exact) mass is 445 g/mol.